The van der Waals surface area contributed by atoms with Gasteiger partial charge in [-0.05, 0) is 115 Å². The van der Waals surface area contributed by atoms with Gasteiger partial charge in [0.2, 0.25) is 0 Å². The maximum Gasteiger partial charge on any atom is 0.504 e. The normalized spacial score (nSPS) is 22.2. The molecule has 0 heterocycles. The maximum atomic E-state index is 14.1. The van der Waals surface area contributed by atoms with Gasteiger partial charge in [-0.15, -0.1) is 0 Å². The molecule has 0 aliphatic heterocycles. The number of halogens is 6. The lowest BCUT2D eigenvalue weighted by atomic mass is 9.49. The molecule has 77 heavy (non-hydrogen) atoms. The van der Waals surface area contributed by atoms with Crippen molar-refractivity contribution in [1.29, 1.82) is 0 Å². The number of carbonyl (C=O) groups is 9. The quantitative estimate of drug-likeness (QED) is 0.0378. The monoisotopic (exact) mass is 1120 g/mol. The Labute approximate surface area is 445 Å². The van der Waals surface area contributed by atoms with Crippen LogP contribution < -0.4 is 0 Å². The van der Waals surface area contributed by atoms with Crippen molar-refractivity contribution in [3.05, 3.63) is 0 Å². The van der Waals surface area contributed by atoms with E-state index in [1.807, 2.05) is 13.8 Å². The lowest BCUT2D eigenvalue weighted by Gasteiger charge is -2.55. The topological polar surface area (TPSA) is 237 Å². The second kappa shape index (κ2) is 30.2. The fourth-order valence-electron chi connectivity index (χ4n) is 9.84. The van der Waals surface area contributed by atoms with E-state index >= 15 is 0 Å². The molecule has 4 bridgehead atoms. The predicted octanol–water partition coefficient (Wildman–Crippen LogP) is 9.53. The van der Waals surface area contributed by atoms with Crippen LogP contribution >= 0.6 is 0 Å². The number of esters is 9. The number of carbonyl (C=O) groups excluding carboxylic acids is 9. The summed E-state index contributed by atoms with van der Waals surface area (Å²) in [6, 6.07) is 0. The van der Waals surface area contributed by atoms with Crippen LogP contribution in [0.3, 0.4) is 0 Å². The van der Waals surface area contributed by atoms with Gasteiger partial charge in [0.05, 0.1) is 34.5 Å². The van der Waals surface area contributed by atoms with Gasteiger partial charge in [0.1, 0.15) is 39.6 Å². The highest BCUT2D eigenvalue weighted by Crippen LogP contribution is 2.60. The Morgan fingerprint density at radius 3 is 1.06 bits per heavy atom. The second-order valence-corrected chi connectivity index (χ2v) is 21.4. The molecule has 2 atom stereocenters. The van der Waals surface area contributed by atoms with Gasteiger partial charge in [0.15, 0.2) is 0 Å². The number of hydrogen-bond donors (Lipinski definition) is 0. The highest BCUT2D eigenvalue weighted by atomic mass is 19.3. The summed E-state index contributed by atoms with van der Waals surface area (Å²) in [4.78, 5) is 105. The van der Waals surface area contributed by atoms with Crippen LogP contribution in [0.25, 0.3) is 0 Å². The van der Waals surface area contributed by atoms with Crippen molar-refractivity contribution >= 4 is 53.7 Å². The smallest absolute Gasteiger partial charge is 0.462 e. The fraction of sp³-hybridized carbons (Fsp3) is 0.830. The summed E-state index contributed by atoms with van der Waals surface area (Å²) in [6.45, 7) is 9.51. The van der Waals surface area contributed by atoms with Crippen molar-refractivity contribution in [2.24, 2.45) is 52.3 Å². The van der Waals surface area contributed by atoms with Gasteiger partial charge in [-0.1, -0.05) is 73.1 Å². The molecular formula is C53H78F6O18. The lowest BCUT2D eigenvalue weighted by molar-refractivity contribution is -0.255. The van der Waals surface area contributed by atoms with E-state index in [4.69, 9.17) is 14.2 Å². The maximum absolute atomic E-state index is 14.1. The average molecular weight is 1120 g/mol. The molecule has 6 aliphatic carbocycles. The predicted molar refractivity (Wildman–Crippen MR) is 256 cm³/mol. The second-order valence-electron chi connectivity index (χ2n) is 21.4. The Bertz CT molecular complexity index is 1960. The molecule has 6 saturated carbocycles. The minimum Gasteiger partial charge on any atom is -0.462 e. The molecule has 6 aliphatic rings. The molecule has 0 spiro atoms. The zero-order valence-electron chi connectivity index (χ0n) is 45.3. The molecular weight excluding hydrogens is 1040 g/mol. The minimum atomic E-state index is -4.35. The summed E-state index contributed by atoms with van der Waals surface area (Å²) in [7, 11) is 0. The Hall–Kier alpha value is -5.19. The van der Waals surface area contributed by atoms with Crippen molar-refractivity contribution in [3.63, 3.8) is 0 Å². The van der Waals surface area contributed by atoms with Crippen LogP contribution in [-0.4, -0.2) is 112 Å². The van der Waals surface area contributed by atoms with E-state index in [1.54, 1.807) is 34.6 Å². The van der Waals surface area contributed by atoms with Gasteiger partial charge in [-0.25, -0.2) is 14.4 Å². The number of ether oxygens (including phenoxy) is 9. The highest BCUT2D eigenvalue weighted by Gasteiger charge is 2.59. The molecule has 0 saturated heterocycles. The number of rotatable bonds is 24. The summed E-state index contributed by atoms with van der Waals surface area (Å²) in [5.74, 6) is -11.2. The number of hydrogen-bond acceptors (Lipinski definition) is 18. The number of alkyl halides is 6. The van der Waals surface area contributed by atoms with E-state index in [0.717, 1.165) is 57.8 Å². The third-order valence-electron chi connectivity index (χ3n) is 14.9. The van der Waals surface area contributed by atoms with Crippen LogP contribution in [0, 0.1) is 52.3 Å². The van der Waals surface area contributed by atoms with Crippen molar-refractivity contribution in [2.45, 2.75) is 189 Å². The van der Waals surface area contributed by atoms with Crippen LogP contribution in [0.1, 0.15) is 170 Å². The van der Waals surface area contributed by atoms with Crippen LogP contribution in [-0.2, 0) is 85.8 Å². The van der Waals surface area contributed by atoms with Gasteiger partial charge < -0.3 is 42.6 Å². The van der Waals surface area contributed by atoms with Crippen molar-refractivity contribution < 1.29 is 112 Å². The summed E-state index contributed by atoms with van der Waals surface area (Å²) in [5, 5.41) is 0. The van der Waals surface area contributed by atoms with Crippen molar-refractivity contribution in [1.82, 2.24) is 0 Å². The molecule has 0 amide bonds. The molecule has 0 aromatic carbocycles. The SMILES string of the molecule is CCC(C)(C)C(=O)OCCOC(=O)C(F)(F)OC(=O)C1CCCCC1.CCC(C)C(=O)OCCOC(=O)C(F)(F)OC(=O)C12CC3CC(CC(C3)C1)C2.CCC(C)C(=O)OCCOC(=O)C(F)(F)OC(=O)C1CCCCC1. The minimum absolute atomic E-state index is 0.321. The average Bonchev–Trinajstić information content (AvgIpc) is 3.39. The molecule has 0 N–H and O–H groups in total. The van der Waals surface area contributed by atoms with E-state index in [0.29, 0.717) is 82.0 Å². The molecule has 24 heteroatoms. The van der Waals surface area contributed by atoms with E-state index < -0.39 is 115 Å². The van der Waals surface area contributed by atoms with Gasteiger partial charge >= 0.3 is 72.0 Å². The van der Waals surface area contributed by atoms with Crippen LogP contribution in [0.2, 0.25) is 0 Å². The largest absolute Gasteiger partial charge is 0.504 e. The van der Waals surface area contributed by atoms with E-state index in [9.17, 15) is 69.5 Å². The van der Waals surface area contributed by atoms with Gasteiger partial charge in [-0.3, -0.25) is 28.8 Å². The van der Waals surface area contributed by atoms with E-state index in [1.165, 1.54) is 0 Å². The molecule has 6 rings (SSSR count). The standard InChI is InChI=1S/C20H28F2O6.C17H26F2O6.C16H24F2O6/c1-3-12(2)16(23)26-4-5-27-18(25)20(21,22)28-17(24)19-9-13-6-14(10-19)8-15(7-13)11-19;1-4-16(2,3)14(21)23-10-11-24-15(22)17(18,19)25-13(20)12-8-6-5-7-9-12;1-3-11(2)13(19)22-9-10-23-15(21)16(17,18)24-14(20)12-7-5-4-6-8-12/h12-15H,3-11H2,1-2H3;12H,4-11H2,1-3H3;11-12H,3-10H2,1-2H3. The molecule has 0 aromatic rings. The summed E-state index contributed by atoms with van der Waals surface area (Å²) >= 11 is 0. The van der Waals surface area contributed by atoms with Crippen LogP contribution in [0.15, 0.2) is 0 Å². The molecule has 18 nitrogen and oxygen atoms in total. The van der Waals surface area contributed by atoms with E-state index in [-0.39, 0.29) is 31.7 Å². The Morgan fingerprint density at radius 2 is 0.753 bits per heavy atom. The Morgan fingerprint density at radius 1 is 0.455 bits per heavy atom. The molecule has 6 fully saturated rings. The fourth-order valence-corrected chi connectivity index (χ4v) is 9.84. The van der Waals surface area contributed by atoms with Crippen molar-refractivity contribution in [2.75, 3.05) is 39.6 Å². The summed E-state index contributed by atoms with van der Waals surface area (Å²) < 4.78 is 123. The Balaban J connectivity index is 0.000000305. The first-order valence-corrected chi connectivity index (χ1v) is 26.9. The van der Waals surface area contributed by atoms with Crippen LogP contribution in [0.5, 0.6) is 0 Å². The zero-order chi connectivity index (χ0) is 57.8. The summed E-state index contributed by atoms with van der Waals surface area (Å²) in [6.07, 6.45) is 0.458. The zero-order valence-corrected chi connectivity index (χ0v) is 45.3. The van der Waals surface area contributed by atoms with E-state index in [2.05, 4.69) is 28.4 Å². The Kier molecular flexibility index (Phi) is 26.0. The lowest BCUT2D eigenvalue weighted by Crippen LogP contribution is -2.52. The molecule has 0 radical (unpaired) electrons. The first kappa shape index (κ1) is 66.1. The van der Waals surface area contributed by atoms with Gasteiger partial charge in [-0.2, -0.15) is 26.3 Å². The first-order valence-electron chi connectivity index (χ1n) is 26.9. The summed E-state index contributed by atoms with van der Waals surface area (Å²) in [5.41, 5.74) is -1.59. The molecule has 440 valence electrons. The molecule has 0 aromatic heterocycles. The first-order chi connectivity index (χ1) is 36.0. The van der Waals surface area contributed by atoms with Gasteiger partial charge in [0, 0.05) is 0 Å². The highest BCUT2D eigenvalue weighted by molar-refractivity contribution is 5.84. The third-order valence-corrected chi connectivity index (χ3v) is 14.9. The third kappa shape index (κ3) is 20.8. The molecule has 2 unspecified atom stereocenters. The van der Waals surface area contributed by atoms with Crippen LogP contribution in [0.4, 0.5) is 26.3 Å². The van der Waals surface area contributed by atoms with Crippen molar-refractivity contribution in [3.8, 4) is 0 Å². The van der Waals surface area contributed by atoms with Gasteiger partial charge in [0.25, 0.3) is 0 Å².